The van der Waals surface area contributed by atoms with E-state index in [1.165, 1.54) is 44.9 Å². The molecule has 0 atom stereocenters. The Morgan fingerprint density at radius 1 is 0.727 bits per heavy atom. The molecule has 2 rings (SSSR count). The minimum absolute atomic E-state index is 0.100. The van der Waals surface area contributed by atoms with Crippen LogP contribution in [-0.2, 0) is 9.59 Å². The fraction of sp³-hybridized carbons (Fsp3) is 0.895. The summed E-state index contributed by atoms with van der Waals surface area (Å²) < 4.78 is 0. The lowest BCUT2D eigenvalue weighted by molar-refractivity contribution is -0.143. The predicted molar refractivity (Wildman–Crippen MR) is 87.8 cm³/mol. The van der Waals surface area contributed by atoms with Gasteiger partial charge in [0.1, 0.15) is 5.78 Å². The number of unbranched alkanes of at least 4 members (excludes halogenated alkanes) is 7. The maximum atomic E-state index is 11.5. The van der Waals surface area contributed by atoms with Gasteiger partial charge < -0.3 is 5.11 Å². The van der Waals surface area contributed by atoms with Gasteiger partial charge in [-0.15, -0.1) is 0 Å². The second-order valence-electron chi connectivity index (χ2n) is 7.75. The molecule has 0 aromatic carbocycles. The van der Waals surface area contributed by atoms with E-state index in [1.807, 2.05) is 0 Å². The molecular formula is C19H32O3. The summed E-state index contributed by atoms with van der Waals surface area (Å²) in [6.45, 7) is 1.75. The summed E-state index contributed by atoms with van der Waals surface area (Å²) in [4.78, 5) is 22.5. The van der Waals surface area contributed by atoms with Crippen molar-refractivity contribution in [2.24, 2.45) is 10.8 Å². The van der Waals surface area contributed by atoms with Gasteiger partial charge in [0.2, 0.25) is 0 Å². The lowest BCUT2D eigenvalue weighted by atomic mass is 9.94. The number of carbonyl (C=O) groups excluding carboxylic acids is 1. The molecule has 0 spiro atoms. The van der Waals surface area contributed by atoms with E-state index >= 15 is 0 Å². The zero-order valence-corrected chi connectivity index (χ0v) is 14.2. The highest BCUT2D eigenvalue weighted by molar-refractivity contribution is 5.84. The Bertz CT molecular complexity index is 353. The van der Waals surface area contributed by atoms with Gasteiger partial charge in [0.15, 0.2) is 0 Å². The average Bonchev–Trinajstić information content (AvgIpc) is 3.35. The fourth-order valence-corrected chi connectivity index (χ4v) is 3.64. The molecule has 2 saturated carbocycles. The van der Waals surface area contributed by atoms with Crippen LogP contribution in [0.15, 0.2) is 0 Å². The van der Waals surface area contributed by atoms with Crippen molar-refractivity contribution in [1.29, 1.82) is 0 Å². The maximum absolute atomic E-state index is 11.5. The van der Waals surface area contributed by atoms with Gasteiger partial charge in [0.05, 0.1) is 5.41 Å². The molecule has 2 fully saturated rings. The van der Waals surface area contributed by atoms with Crippen molar-refractivity contribution in [2.45, 2.75) is 96.8 Å². The van der Waals surface area contributed by atoms with Crippen LogP contribution in [0.5, 0.6) is 0 Å². The number of ketones is 1. The van der Waals surface area contributed by atoms with Crippen LogP contribution in [-0.4, -0.2) is 16.9 Å². The molecule has 0 bridgehead atoms. The van der Waals surface area contributed by atoms with Crippen molar-refractivity contribution in [1.82, 2.24) is 0 Å². The molecule has 3 nitrogen and oxygen atoms in total. The van der Waals surface area contributed by atoms with Crippen LogP contribution >= 0.6 is 0 Å². The van der Waals surface area contributed by atoms with Gasteiger partial charge in [-0.25, -0.2) is 0 Å². The molecule has 1 N–H and O–H groups in total. The molecule has 22 heavy (non-hydrogen) atoms. The number of hydrogen-bond acceptors (Lipinski definition) is 2. The Morgan fingerprint density at radius 2 is 1.09 bits per heavy atom. The van der Waals surface area contributed by atoms with E-state index in [0.717, 1.165) is 44.9 Å². The highest BCUT2D eigenvalue weighted by Gasteiger charge is 2.49. The summed E-state index contributed by atoms with van der Waals surface area (Å²) in [7, 11) is 0. The zero-order chi connectivity index (χ0) is 16.1. The van der Waals surface area contributed by atoms with Crippen LogP contribution in [0, 0.1) is 10.8 Å². The van der Waals surface area contributed by atoms with E-state index in [2.05, 4.69) is 0 Å². The van der Waals surface area contributed by atoms with E-state index < -0.39 is 5.97 Å². The SMILES string of the molecule is CC(=O)C1(CCCCCCCCCCC2(C(=O)O)CC2)CC1. The summed E-state index contributed by atoms with van der Waals surface area (Å²) >= 11 is 0. The van der Waals surface area contributed by atoms with E-state index in [4.69, 9.17) is 5.11 Å². The van der Waals surface area contributed by atoms with Crippen molar-refractivity contribution >= 4 is 11.8 Å². The maximum Gasteiger partial charge on any atom is 0.309 e. The number of carboxylic acids is 1. The van der Waals surface area contributed by atoms with Gasteiger partial charge in [-0.3, -0.25) is 9.59 Å². The molecule has 2 aliphatic carbocycles. The standard InChI is InChI=1S/C19H32O3/c1-16(20)18(12-13-18)10-8-6-4-2-3-5-7-9-11-19(14-15-19)17(21)22/h2-15H2,1H3,(H,21,22). The van der Waals surface area contributed by atoms with E-state index in [-0.39, 0.29) is 10.8 Å². The first-order chi connectivity index (χ1) is 10.5. The summed E-state index contributed by atoms with van der Waals surface area (Å²) in [5.41, 5.74) is -0.224. The number of carbonyl (C=O) groups is 2. The first kappa shape index (κ1) is 17.5. The molecule has 0 radical (unpaired) electrons. The molecule has 0 aromatic rings. The average molecular weight is 308 g/mol. The number of hydrogen-bond donors (Lipinski definition) is 1. The summed E-state index contributed by atoms with van der Waals surface area (Å²) in [5, 5.41) is 9.10. The number of Topliss-reactive ketones (excluding diaryl/α,β-unsaturated/α-hetero) is 1. The Morgan fingerprint density at radius 3 is 1.41 bits per heavy atom. The molecular weight excluding hydrogens is 276 g/mol. The highest BCUT2D eigenvalue weighted by atomic mass is 16.4. The van der Waals surface area contributed by atoms with Crippen LogP contribution < -0.4 is 0 Å². The Labute approximate surface area is 134 Å². The normalized spacial score (nSPS) is 20.6. The van der Waals surface area contributed by atoms with Crippen LogP contribution in [0.2, 0.25) is 0 Å². The largest absolute Gasteiger partial charge is 0.481 e. The first-order valence-corrected chi connectivity index (χ1v) is 9.25. The zero-order valence-electron chi connectivity index (χ0n) is 14.2. The molecule has 0 amide bonds. The van der Waals surface area contributed by atoms with Gasteiger partial charge in [0.25, 0.3) is 0 Å². The Balaban J connectivity index is 1.36. The van der Waals surface area contributed by atoms with Crippen LogP contribution in [0.1, 0.15) is 96.8 Å². The monoisotopic (exact) mass is 308 g/mol. The van der Waals surface area contributed by atoms with E-state index in [1.54, 1.807) is 6.92 Å². The quantitative estimate of drug-likeness (QED) is 0.480. The van der Waals surface area contributed by atoms with Crippen LogP contribution in [0.4, 0.5) is 0 Å². The van der Waals surface area contributed by atoms with Gasteiger partial charge in [0, 0.05) is 5.41 Å². The molecule has 126 valence electrons. The fourth-order valence-electron chi connectivity index (χ4n) is 3.64. The predicted octanol–water partition coefficient (Wildman–Crippen LogP) is 5.12. The van der Waals surface area contributed by atoms with Gasteiger partial charge in [-0.2, -0.15) is 0 Å². The highest BCUT2D eigenvalue weighted by Crippen LogP contribution is 2.51. The van der Waals surface area contributed by atoms with Gasteiger partial charge >= 0.3 is 5.97 Å². The van der Waals surface area contributed by atoms with Crippen molar-refractivity contribution in [3.8, 4) is 0 Å². The topological polar surface area (TPSA) is 54.4 Å². The van der Waals surface area contributed by atoms with Crippen molar-refractivity contribution < 1.29 is 14.7 Å². The summed E-state index contributed by atoms with van der Waals surface area (Å²) in [6.07, 6.45) is 15.9. The second kappa shape index (κ2) is 7.61. The molecule has 2 aliphatic rings. The molecule has 0 aromatic heterocycles. The van der Waals surface area contributed by atoms with Gasteiger partial charge in [-0.1, -0.05) is 51.4 Å². The van der Waals surface area contributed by atoms with Crippen LogP contribution in [0.25, 0.3) is 0 Å². The molecule has 3 heteroatoms. The lowest BCUT2D eigenvalue weighted by Gasteiger charge is -2.10. The third-order valence-electron chi connectivity index (χ3n) is 5.97. The molecule has 0 heterocycles. The lowest BCUT2D eigenvalue weighted by Crippen LogP contribution is -2.14. The number of rotatable bonds is 13. The molecule has 0 unspecified atom stereocenters. The number of carboxylic acid groups (broad SMARTS) is 1. The molecule has 0 saturated heterocycles. The van der Waals surface area contributed by atoms with E-state index in [9.17, 15) is 9.59 Å². The summed E-state index contributed by atoms with van der Waals surface area (Å²) in [5.74, 6) is -0.172. The van der Waals surface area contributed by atoms with Crippen LogP contribution in [0.3, 0.4) is 0 Å². The smallest absolute Gasteiger partial charge is 0.309 e. The minimum Gasteiger partial charge on any atom is -0.481 e. The first-order valence-electron chi connectivity index (χ1n) is 9.25. The Kier molecular flexibility index (Phi) is 6.05. The van der Waals surface area contributed by atoms with Crippen molar-refractivity contribution in [3.05, 3.63) is 0 Å². The third-order valence-corrected chi connectivity index (χ3v) is 5.97. The Hall–Kier alpha value is -0.860. The third kappa shape index (κ3) is 4.82. The summed E-state index contributed by atoms with van der Waals surface area (Å²) in [6, 6.07) is 0. The molecule has 0 aliphatic heterocycles. The minimum atomic E-state index is -0.577. The number of aliphatic carboxylic acids is 1. The van der Waals surface area contributed by atoms with Crippen molar-refractivity contribution in [2.75, 3.05) is 0 Å². The van der Waals surface area contributed by atoms with Crippen molar-refractivity contribution in [3.63, 3.8) is 0 Å². The van der Waals surface area contributed by atoms with E-state index in [0.29, 0.717) is 5.78 Å². The van der Waals surface area contributed by atoms with Gasteiger partial charge in [-0.05, 0) is 45.4 Å². The second-order valence-corrected chi connectivity index (χ2v) is 7.75.